The summed E-state index contributed by atoms with van der Waals surface area (Å²) in [4.78, 5) is 19.4. The number of ether oxygens (including phenoxy) is 2. The highest BCUT2D eigenvalue weighted by Gasteiger charge is 2.32. The number of fused-ring (bicyclic) bond motifs is 1. The predicted molar refractivity (Wildman–Crippen MR) is 70.6 cm³/mol. The molecule has 1 aliphatic heterocycles. The van der Waals surface area contributed by atoms with E-state index in [9.17, 15) is 4.79 Å². The van der Waals surface area contributed by atoms with Crippen LogP contribution in [0.5, 0.6) is 11.5 Å². The molecule has 0 saturated carbocycles. The highest BCUT2D eigenvalue weighted by Crippen LogP contribution is 2.41. The molecule has 5 nitrogen and oxygen atoms in total. The lowest BCUT2D eigenvalue weighted by atomic mass is 10.0. The third kappa shape index (κ3) is 4.96. The Balaban J connectivity index is 0.000000399. The van der Waals surface area contributed by atoms with Crippen molar-refractivity contribution in [3.63, 3.8) is 0 Å². The van der Waals surface area contributed by atoms with Gasteiger partial charge in [-0.15, -0.1) is 0 Å². The summed E-state index contributed by atoms with van der Waals surface area (Å²) >= 11 is 9.36. The van der Waals surface area contributed by atoms with Crippen LogP contribution in [-0.4, -0.2) is 21.6 Å². The van der Waals surface area contributed by atoms with E-state index in [1.165, 1.54) is 0 Å². The summed E-state index contributed by atoms with van der Waals surface area (Å²) < 4.78 is 10.5. The molecule has 1 heterocycles. The summed E-state index contributed by atoms with van der Waals surface area (Å²) in [6.07, 6.45) is 0.802. The number of halogens is 2. The van der Waals surface area contributed by atoms with E-state index in [1.807, 2.05) is 26.0 Å². The first kappa shape index (κ1) is 15.6. The lowest BCUT2D eigenvalue weighted by Crippen LogP contribution is -2.24. The number of para-hydroxylation sites is 1. The highest BCUT2D eigenvalue weighted by molar-refractivity contribution is 6.61. The molecular weight excluding hydrogens is 295 g/mol. The van der Waals surface area contributed by atoms with Gasteiger partial charge in [-0.25, -0.2) is 9.59 Å². The Kier molecular flexibility index (Phi) is 5.03. The van der Waals surface area contributed by atoms with Crippen LogP contribution < -0.4 is 9.47 Å². The van der Waals surface area contributed by atoms with E-state index in [4.69, 9.17) is 31.0 Å². The first-order valence-electron chi connectivity index (χ1n) is 5.28. The molecular formula is C12H12Cl2O5. The molecule has 0 amide bonds. The number of carbonyl (C=O) groups is 2. The van der Waals surface area contributed by atoms with Crippen molar-refractivity contribution in [1.82, 2.24) is 0 Å². The fourth-order valence-corrected chi connectivity index (χ4v) is 1.84. The molecule has 0 radical (unpaired) electrons. The Labute approximate surface area is 120 Å². The van der Waals surface area contributed by atoms with Crippen molar-refractivity contribution in [2.75, 3.05) is 0 Å². The van der Waals surface area contributed by atoms with Crippen LogP contribution in [0.1, 0.15) is 19.4 Å². The number of carboxylic acid groups (broad SMARTS) is 1. The molecule has 1 N–H and O–H groups in total. The monoisotopic (exact) mass is 306 g/mol. The quantitative estimate of drug-likeness (QED) is 0.793. The highest BCUT2D eigenvalue weighted by atomic mass is 35.5. The minimum atomic E-state index is -1.36. The van der Waals surface area contributed by atoms with Gasteiger partial charge in [0.2, 0.25) is 0 Å². The summed E-state index contributed by atoms with van der Waals surface area (Å²) in [6.45, 7) is 3.97. The van der Waals surface area contributed by atoms with Crippen LogP contribution in [0.25, 0.3) is 0 Å². The standard InChI is InChI=1S/C11H11ClO3.CHClO2/c1-11(2)6-7-4-3-5-8(9(7)15-11)14-10(12)13;2-1(3)4/h3-5H,6H2,1-2H3;(H,3,4). The van der Waals surface area contributed by atoms with Crippen molar-refractivity contribution in [1.29, 1.82) is 0 Å². The van der Waals surface area contributed by atoms with E-state index < -0.39 is 10.9 Å². The second-order valence-electron chi connectivity index (χ2n) is 4.38. The molecule has 0 spiro atoms. The molecule has 1 aromatic carbocycles. The van der Waals surface area contributed by atoms with Crippen molar-refractivity contribution >= 4 is 34.1 Å². The van der Waals surface area contributed by atoms with Gasteiger partial charge in [0.05, 0.1) is 0 Å². The van der Waals surface area contributed by atoms with Crippen LogP contribution in [0.4, 0.5) is 9.59 Å². The first-order valence-corrected chi connectivity index (χ1v) is 6.03. The number of carbonyl (C=O) groups excluding carboxylic acids is 1. The van der Waals surface area contributed by atoms with E-state index in [0.29, 0.717) is 11.5 Å². The van der Waals surface area contributed by atoms with Gasteiger partial charge in [-0.2, -0.15) is 0 Å². The van der Waals surface area contributed by atoms with Crippen LogP contribution in [0.2, 0.25) is 0 Å². The van der Waals surface area contributed by atoms with Crippen molar-refractivity contribution in [2.24, 2.45) is 0 Å². The zero-order valence-electron chi connectivity index (χ0n) is 10.3. The van der Waals surface area contributed by atoms with E-state index in [2.05, 4.69) is 11.6 Å². The van der Waals surface area contributed by atoms with E-state index in [-0.39, 0.29) is 5.60 Å². The molecule has 0 saturated heterocycles. The lowest BCUT2D eigenvalue weighted by molar-refractivity contribution is 0.134. The van der Waals surface area contributed by atoms with Gasteiger partial charge in [-0.1, -0.05) is 12.1 Å². The zero-order valence-corrected chi connectivity index (χ0v) is 11.8. The fraction of sp³-hybridized carbons (Fsp3) is 0.333. The number of rotatable bonds is 1. The van der Waals surface area contributed by atoms with Crippen molar-refractivity contribution < 1.29 is 24.2 Å². The molecule has 1 aromatic rings. The van der Waals surface area contributed by atoms with Gasteiger partial charge in [-0.3, -0.25) is 0 Å². The SMILES string of the molecule is CC1(C)Cc2cccc(OC(=O)Cl)c2O1.O=C(O)Cl. The van der Waals surface area contributed by atoms with E-state index >= 15 is 0 Å². The lowest BCUT2D eigenvalue weighted by Gasteiger charge is -2.17. The van der Waals surface area contributed by atoms with Gasteiger partial charge in [0, 0.05) is 35.2 Å². The summed E-state index contributed by atoms with van der Waals surface area (Å²) in [6, 6.07) is 5.44. The molecule has 0 atom stereocenters. The molecule has 0 fully saturated rings. The van der Waals surface area contributed by atoms with Crippen molar-refractivity contribution in [3.8, 4) is 11.5 Å². The van der Waals surface area contributed by atoms with Gasteiger partial charge in [0.15, 0.2) is 11.5 Å². The average molecular weight is 307 g/mol. The molecule has 1 aliphatic rings. The molecule has 2 rings (SSSR count). The van der Waals surface area contributed by atoms with Crippen LogP contribution in [0, 0.1) is 0 Å². The Morgan fingerprint density at radius 2 is 1.95 bits per heavy atom. The summed E-state index contributed by atoms with van der Waals surface area (Å²) in [7, 11) is 0. The predicted octanol–water partition coefficient (Wildman–Crippen LogP) is 4.04. The van der Waals surface area contributed by atoms with Crippen LogP contribution in [0.15, 0.2) is 18.2 Å². The van der Waals surface area contributed by atoms with Crippen molar-refractivity contribution in [2.45, 2.75) is 25.9 Å². The minimum Gasteiger partial charge on any atom is -0.483 e. The maximum atomic E-state index is 10.7. The molecule has 0 aromatic heterocycles. The molecule has 0 aliphatic carbocycles. The van der Waals surface area contributed by atoms with E-state index in [0.717, 1.165) is 12.0 Å². The number of hydrogen-bond donors (Lipinski definition) is 1. The number of hydrogen-bond acceptors (Lipinski definition) is 4. The Hall–Kier alpha value is -1.46. The Bertz CT molecular complexity index is 495. The largest absolute Gasteiger partial charge is 0.483 e. The number of benzene rings is 1. The third-order valence-electron chi connectivity index (χ3n) is 2.25. The average Bonchev–Trinajstić information content (AvgIpc) is 2.51. The van der Waals surface area contributed by atoms with Crippen LogP contribution >= 0.6 is 23.2 Å². The summed E-state index contributed by atoms with van der Waals surface area (Å²) in [5.74, 6) is 1.01. The second-order valence-corrected chi connectivity index (χ2v) is 5.01. The molecule has 0 unspecified atom stereocenters. The smallest absolute Gasteiger partial charge is 0.409 e. The maximum absolute atomic E-state index is 10.7. The normalized spacial score (nSPS) is 14.5. The zero-order chi connectivity index (χ0) is 14.6. The van der Waals surface area contributed by atoms with Gasteiger partial charge < -0.3 is 14.6 Å². The first-order chi connectivity index (χ1) is 8.71. The molecule has 0 bridgehead atoms. The van der Waals surface area contributed by atoms with Crippen molar-refractivity contribution in [3.05, 3.63) is 23.8 Å². The maximum Gasteiger partial charge on any atom is 0.409 e. The summed E-state index contributed by atoms with van der Waals surface area (Å²) in [5.41, 5.74) is -1.43. The van der Waals surface area contributed by atoms with Gasteiger partial charge in [-0.05, 0) is 19.9 Å². The van der Waals surface area contributed by atoms with Gasteiger partial charge in [0.25, 0.3) is 0 Å². The topological polar surface area (TPSA) is 72.8 Å². The minimum absolute atomic E-state index is 0.253. The van der Waals surface area contributed by atoms with Crippen LogP contribution in [0.3, 0.4) is 0 Å². The fourth-order valence-electron chi connectivity index (χ4n) is 1.75. The van der Waals surface area contributed by atoms with Crippen LogP contribution in [-0.2, 0) is 6.42 Å². The molecule has 19 heavy (non-hydrogen) atoms. The second kappa shape index (κ2) is 6.12. The van der Waals surface area contributed by atoms with Gasteiger partial charge >= 0.3 is 10.9 Å². The molecule has 7 heteroatoms. The molecule has 104 valence electrons. The Morgan fingerprint density at radius 1 is 1.37 bits per heavy atom. The Morgan fingerprint density at radius 3 is 2.47 bits per heavy atom. The third-order valence-corrected chi connectivity index (χ3v) is 2.32. The van der Waals surface area contributed by atoms with E-state index in [1.54, 1.807) is 6.07 Å². The summed E-state index contributed by atoms with van der Waals surface area (Å²) in [5, 5.41) is 7.18. The van der Waals surface area contributed by atoms with Gasteiger partial charge in [0.1, 0.15) is 5.60 Å².